The van der Waals surface area contributed by atoms with Crippen LogP contribution in [-0.2, 0) is 135 Å². The van der Waals surface area contributed by atoms with E-state index in [2.05, 4.69) is 30.1 Å². The second kappa shape index (κ2) is 36.5. The first kappa shape index (κ1) is 79.7. The number of benzene rings is 3. The molecule has 3 aromatic carbocycles. The van der Waals surface area contributed by atoms with E-state index in [1.54, 1.807) is 58.9 Å². The van der Waals surface area contributed by atoms with Crippen LogP contribution in [0.5, 0.6) is 0 Å². The third-order valence-electron chi connectivity index (χ3n) is 18.8. The van der Waals surface area contributed by atoms with Crippen LogP contribution >= 0.6 is 0 Å². The Bertz CT molecular complexity index is 3620. The van der Waals surface area contributed by atoms with E-state index in [9.17, 15) is 55.5 Å². The predicted octanol–water partition coefficient (Wildman–Crippen LogP) is 7.93. The molecule has 0 radical (unpaired) electrons. The van der Waals surface area contributed by atoms with Crippen molar-refractivity contribution < 1.29 is 123 Å². The Morgan fingerprint density at radius 2 is 0.703 bits per heavy atom. The van der Waals surface area contributed by atoms with Crippen LogP contribution in [0.15, 0.2) is 106 Å². The molecular formula is C62H87N9O27S3. The van der Waals surface area contributed by atoms with Crippen LogP contribution in [0, 0.1) is 23.7 Å². The lowest BCUT2D eigenvalue weighted by atomic mass is 9.88. The summed E-state index contributed by atoms with van der Waals surface area (Å²) in [6.07, 6.45) is -22.4. The Kier molecular flexibility index (Phi) is 28.8. The van der Waals surface area contributed by atoms with E-state index < -0.39 is 198 Å². The topological polar surface area (TPSA) is 476 Å². The van der Waals surface area contributed by atoms with Crippen LogP contribution in [0.1, 0.15) is 84.4 Å². The van der Waals surface area contributed by atoms with Crippen LogP contribution < -0.4 is 0 Å². The fraction of sp³-hybridized carbons (Fsp3) is 0.710. The first-order valence-electron chi connectivity index (χ1n) is 32.8. The number of hydrogen-bond acceptors (Lipinski definition) is 27. The molecule has 101 heavy (non-hydrogen) atoms. The molecule has 0 amide bonds. The van der Waals surface area contributed by atoms with Gasteiger partial charge in [-0.2, -0.15) is 25.3 Å². The van der Waals surface area contributed by atoms with E-state index in [1.165, 1.54) is 7.11 Å². The van der Waals surface area contributed by atoms with E-state index in [0.29, 0.717) is 6.61 Å². The van der Waals surface area contributed by atoms with Crippen molar-refractivity contribution in [3.05, 3.63) is 139 Å². The molecule has 0 bridgehead atoms. The number of ether oxygens (including phenoxy) is 15. The summed E-state index contributed by atoms with van der Waals surface area (Å²) in [4.78, 5) is 9.20. The van der Waals surface area contributed by atoms with Crippen molar-refractivity contribution in [1.82, 2.24) is 0 Å². The molecule has 560 valence electrons. The zero-order valence-corrected chi connectivity index (χ0v) is 59.0. The van der Waals surface area contributed by atoms with Crippen LogP contribution in [-0.4, -0.2) is 207 Å². The van der Waals surface area contributed by atoms with Gasteiger partial charge in [-0.05, 0) is 71.8 Å². The molecule has 6 heterocycles. The number of rotatable bonds is 32. The van der Waals surface area contributed by atoms with Gasteiger partial charge < -0.3 is 71.1 Å². The average Bonchev–Trinajstić information content (AvgIpc) is 0.752. The van der Waals surface area contributed by atoms with Gasteiger partial charge >= 0.3 is 31.2 Å². The quantitative estimate of drug-likeness (QED) is 0.0231. The van der Waals surface area contributed by atoms with Crippen molar-refractivity contribution in [3.8, 4) is 0 Å². The third kappa shape index (κ3) is 22.3. The van der Waals surface area contributed by atoms with E-state index in [0.717, 1.165) is 16.7 Å². The largest absolute Gasteiger partial charge is 0.397 e. The molecule has 6 saturated heterocycles. The van der Waals surface area contributed by atoms with Crippen molar-refractivity contribution in [2.45, 2.75) is 229 Å². The molecule has 0 spiro atoms. The summed E-state index contributed by atoms with van der Waals surface area (Å²) in [6.45, 7) is 9.90. The summed E-state index contributed by atoms with van der Waals surface area (Å²) < 4.78 is 214. The lowest BCUT2D eigenvalue weighted by molar-refractivity contribution is -0.356. The van der Waals surface area contributed by atoms with Crippen LogP contribution in [0.3, 0.4) is 0 Å². The highest BCUT2D eigenvalue weighted by molar-refractivity contribution is 7.81. The molecule has 39 heteroatoms. The average molecular weight is 1490 g/mol. The van der Waals surface area contributed by atoms with Crippen molar-refractivity contribution in [2.75, 3.05) is 26.9 Å². The minimum atomic E-state index is -5.18. The van der Waals surface area contributed by atoms with E-state index in [4.69, 9.17) is 83.6 Å². The number of nitrogens with zero attached hydrogens (tertiary/aromatic N) is 9. The van der Waals surface area contributed by atoms with Crippen molar-refractivity contribution >= 4 is 31.2 Å². The van der Waals surface area contributed by atoms with Crippen molar-refractivity contribution in [2.24, 2.45) is 39.0 Å². The van der Waals surface area contributed by atoms with Gasteiger partial charge in [-0.1, -0.05) is 134 Å². The highest BCUT2D eigenvalue weighted by Gasteiger charge is 2.55. The van der Waals surface area contributed by atoms with Gasteiger partial charge in [0.2, 0.25) is 0 Å². The molecule has 10 unspecified atom stereocenters. The van der Waals surface area contributed by atoms with Gasteiger partial charge in [-0.3, -0.25) is 13.7 Å². The minimum absolute atomic E-state index is 0.00283. The fourth-order valence-electron chi connectivity index (χ4n) is 13.4. The standard InChI is InChI=1S/C62H87N9O27S3/c1-33-37(5)88-49(24-43(33)82-27-40-18-12-9-13-19-40)94-56-35(3)53(67-70-64)61(92-47(56)31-86-100(75,76)77)97-59-39(7)90-51(26-45(59)84-29-42-22-16-11-17-23-42)96-57-36(4)54(68-71-65)62(93-48(57)32-87-101(78,79)80)98-58-38(6)89-50(25-44(58)83-28-41-20-14-10-15-21-41)95-55-34(2)52(66-69-63)60(81-8)91-46(55)30-85-99(72,73)74/h9-23,33-39,43-62H,24-32H2,1-8H3,(H,72,73,74)(H,75,76,77)(H,78,79,80)/t33-,34-,35-,36-,37?,38?,39?,43+,44+,45+,46?,47?,48?,49+,50+,51+,52?,53?,54?,55+,56+,57+,58?,59+,60-,61+,62+/m1/s1. The van der Waals surface area contributed by atoms with Crippen LogP contribution in [0.25, 0.3) is 31.3 Å². The smallest absolute Gasteiger partial charge is 0.373 e. The number of methoxy groups -OCH3 is 1. The zero-order chi connectivity index (χ0) is 72.8. The summed E-state index contributed by atoms with van der Waals surface area (Å²) in [6, 6.07) is 24.2. The molecule has 3 N–H and O–H groups in total. The third-order valence-corrected chi connectivity index (χ3v) is 20.1. The zero-order valence-electron chi connectivity index (χ0n) is 56.5. The van der Waals surface area contributed by atoms with Crippen molar-refractivity contribution in [3.63, 3.8) is 0 Å². The van der Waals surface area contributed by atoms with Gasteiger partial charge in [0.25, 0.3) is 0 Å². The normalized spacial score (nSPS) is 37.2. The van der Waals surface area contributed by atoms with Crippen LogP contribution in [0.2, 0.25) is 0 Å². The lowest BCUT2D eigenvalue weighted by Gasteiger charge is -2.50. The molecule has 6 fully saturated rings. The Morgan fingerprint density at radius 3 is 1.02 bits per heavy atom. The Morgan fingerprint density at radius 1 is 0.406 bits per heavy atom. The van der Waals surface area contributed by atoms with Gasteiger partial charge in [0.15, 0.2) is 37.7 Å². The monoisotopic (exact) mass is 1490 g/mol. The molecular weight excluding hydrogens is 1400 g/mol. The highest BCUT2D eigenvalue weighted by Crippen LogP contribution is 2.42. The van der Waals surface area contributed by atoms with Gasteiger partial charge in [-0.15, -0.1) is 0 Å². The summed E-state index contributed by atoms with van der Waals surface area (Å²) in [5.41, 5.74) is 32.2. The van der Waals surface area contributed by atoms with Gasteiger partial charge in [0.1, 0.15) is 30.5 Å². The fourth-order valence-corrected chi connectivity index (χ4v) is 14.3. The molecule has 3 aromatic rings. The summed E-state index contributed by atoms with van der Waals surface area (Å²) in [5, 5.41) is 12.1. The number of hydrogen-bond donors (Lipinski definition) is 3. The Labute approximate surface area is 585 Å². The maximum Gasteiger partial charge on any atom is 0.397 e. The minimum Gasteiger partial charge on any atom is -0.373 e. The van der Waals surface area contributed by atoms with Crippen LogP contribution in [0.4, 0.5) is 0 Å². The van der Waals surface area contributed by atoms with E-state index in [-0.39, 0.29) is 50.6 Å². The SMILES string of the molecule is CO[C@@H]1OC(COS(=O)(=O)O)[C@@H](O[C@H]2C[C@H](OCc3ccccc3)C(O[C@@H]3OC(COS(=O)(=O)O)[C@@H](O[C@H]4C[C@H](OCc5ccccc5)[C@@H](O[C@@H]5OC(COS(=O)(=O)O)[C@@H](O[C@H]6C[C@H](OCc7ccccc7)[C@H](C)C(C)O6)[C@H](C)C5N=[N+]=[N-])C(C)O4)[C@H](C)C3N=[N+]=[N-])C(C)O2)[C@H](C)C1N=[N+]=[N-]. The molecule has 0 aliphatic carbocycles. The molecule has 0 saturated carbocycles. The van der Waals surface area contributed by atoms with Gasteiger partial charge in [0.05, 0.1) is 113 Å². The molecule has 6 aliphatic rings. The van der Waals surface area contributed by atoms with Crippen molar-refractivity contribution in [1.29, 1.82) is 0 Å². The summed E-state index contributed by atoms with van der Waals surface area (Å²) >= 11 is 0. The Balaban J connectivity index is 0.955. The van der Waals surface area contributed by atoms with Gasteiger partial charge in [-0.25, -0.2) is 12.5 Å². The number of azide groups is 3. The lowest BCUT2D eigenvalue weighted by Crippen LogP contribution is -2.62. The summed E-state index contributed by atoms with van der Waals surface area (Å²) in [5.74, 6) is -2.66. The predicted molar refractivity (Wildman–Crippen MR) is 347 cm³/mol. The molecule has 27 atom stereocenters. The molecule has 6 aliphatic heterocycles. The second-order valence-corrected chi connectivity index (χ2v) is 28.8. The molecule has 0 aromatic heterocycles. The first-order valence-corrected chi connectivity index (χ1v) is 36.9. The molecule has 9 rings (SSSR count). The Hall–Kier alpha value is -5.40. The second-order valence-electron chi connectivity index (χ2n) is 25.6. The van der Waals surface area contributed by atoms with Gasteiger partial charge in [0, 0.05) is 47.0 Å². The summed E-state index contributed by atoms with van der Waals surface area (Å²) in [7, 11) is -13.9. The maximum absolute atomic E-state index is 12.4. The first-order chi connectivity index (χ1) is 48.1. The van der Waals surface area contributed by atoms with E-state index >= 15 is 0 Å². The highest BCUT2D eigenvalue weighted by atomic mass is 32.3. The van der Waals surface area contributed by atoms with E-state index in [1.807, 2.05) is 80.6 Å². The maximum atomic E-state index is 12.4. The molecule has 36 nitrogen and oxygen atoms in total.